The van der Waals surface area contributed by atoms with Crippen LogP contribution in [0.15, 0.2) is 12.1 Å². The molecule has 1 N–H and O–H groups in total. The largest absolute Gasteiger partial charge is 0.481 e. The van der Waals surface area contributed by atoms with E-state index in [2.05, 4.69) is 0 Å². The van der Waals surface area contributed by atoms with Crippen LogP contribution in [-0.2, 0) is 4.79 Å². The van der Waals surface area contributed by atoms with Crippen LogP contribution in [0.25, 0.3) is 0 Å². The van der Waals surface area contributed by atoms with Crippen LogP contribution in [0.4, 0.5) is 4.39 Å². The van der Waals surface area contributed by atoms with Crippen LogP contribution in [0.2, 0.25) is 10.0 Å². The molecule has 22 heavy (non-hydrogen) atoms. The van der Waals surface area contributed by atoms with Crippen molar-refractivity contribution < 1.29 is 19.1 Å². The van der Waals surface area contributed by atoms with E-state index in [4.69, 9.17) is 23.2 Å². The summed E-state index contributed by atoms with van der Waals surface area (Å²) in [5.74, 6) is -2.28. The van der Waals surface area contributed by atoms with Crippen LogP contribution in [0.3, 0.4) is 0 Å². The molecule has 1 aliphatic heterocycles. The Morgan fingerprint density at radius 2 is 1.86 bits per heavy atom. The summed E-state index contributed by atoms with van der Waals surface area (Å²) < 4.78 is 13.6. The van der Waals surface area contributed by atoms with Crippen molar-refractivity contribution in [2.24, 2.45) is 17.8 Å². The lowest BCUT2D eigenvalue weighted by atomic mass is 9.92. The summed E-state index contributed by atoms with van der Waals surface area (Å²) in [4.78, 5) is 25.4. The smallest absolute Gasteiger partial charge is 0.308 e. The van der Waals surface area contributed by atoms with E-state index >= 15 is 0 Å². The third kappa shape index (κ3) is 2.79. The SMILES string of the molecule is O=C(O)[C@H]1CN(C(=O)c2cc(F)c(Cl)cc2Cl)C[C@@H]1C1CC1. The van der Waals surface area contributed by atoms with Gasteiger partial charge in [0.25, 0.3) is 5.91 Å². The predicted molar refractivity (Wildman–Crippen MR) is 79.7 cm³/mol. The zero-order chi connectivity index (χ0) is 16.0. The lowest BCUT2D eigenvalue weighted by molar-refractivity contribution is -0.142. The van der Waals surface area contributed by atoms with Crippen LogP contribution in [-0.4, -0.2) is 35.0 Å². The minimum atomic E-state index is -0.888. The minimum Gasteiger partial charge on any atom is -0.481 e. The molecule has 0 bridgehead atoms. The number of rotatable bonds is 3. The molecule has 1 aromatic rings. The van der Waals surface area contributed by atoms with Gasteiger partial charge in [-0.3, -0.25) is 9.59 Å². The van der Waals surface area contributed by atoms with Gasteiger partial charge in [0.2, 0.25) is 0 Å². The summed E-state index contributed by atoms with van der Waals surface area (Å²) >= 11 is 11.6. The monoisotopic (exact) mass is 345 g/mol. The molecule has 118 valence electrons. The number of carboxylic acid groups (broad SMARTS) is 1. The number of hydrogen-bond acceptors (Lipinski definition) is 2. The summed E-state index contributed by atoms with van der Waals surface area (Å²) in [6.07, 6.45) is 2.01. The molecule has 1 aliphatic carbocycles. The molecule has 1 saturated heterocycles. The third-order valence-corrected chi connectivity index (χ3v) is 5.04. The van der Waals surface area contributed by atoms with Crippen LogP contribution >= 0.6 is 23.2 Å². The Hall–Kier alpha value is -1.33. The van der Waals surface area contributed by atoms with E-state index in [1.54, 1.807) is 0 Å². The van der Waals surface area contributed by atoms with E-state index in [0.717, 1.165) is 18.9 Å². The van der Waals surface area contributed by atoms with Gasteiger partial charge in [-0.05, 0) is 36.8 Å². The lowest BCUT2D eigenvalue weighted by Crippen LogP contribution is -2.30. The number of benzene rings is 1. The Morgan fingerprint density at radius 1 is 1.18 bits per heavy atom. The zero-order valence-electron chi connectivity index (χ0n) is 11.6. The first kappa shape index (κ1) is 15.6. The van der Waals surface area contributed by atoms with Gasteiger partial charge in [-0.15, -0.1) is 0 Å². The summed E-state index contributed by atoms with van der Waals surface area (Å²) in [5.41, 5.74) is 0.0177. The van der Waals surface area contributed by atoms with Gasteiger partial charge in [0.15, 0.2) is 0 Å². The second-order valence-electron chi connectivity index (χ2n) is 5.90. The molecule has 1 aromatic carbocycles. The number of carbonyl (C=O) groups is 2. The maximum atomic E-state index is 13.6. The maximum Gasteiger partial charge on any atom is 0.308 e. The van der Waals surface area contributed by atoms with Crippen molar-refractivity contribution >= 4 is 35.1 Å². The molecule has 0 aromatic heterocycles. The number of aliphatic carboxylic acids is 1. The Kier molecular flexibility index (Phi) is 4.03. The van der Waals surface area contributed by atoms with E-state index in [9.17, 15) is 19.1 Å². The van der Waals surface area contributed by atoms with Crippen LogP contribution in [0, 0.1) is 23.6 Å². The van der Waals surface area contributed by atoms with Gasteiger partial charge in [-0.1, -0.05) is 23.2 Å². The molecule has 7 heteroatoms. The molecular formula is C15H14Cl2FNO3. The molecule has 0 spiro atoms. The number of nitrogens with zero attached hydrogens (tertiary/aromatic N) is 1. The Balaban J connectivity index is 1.84. The topological polar surface area (TPSA) is 57.6 Å². The van der Waals surface area contributed by atoms with Gasteiger partial charge in [0, 0.05) is 13.1 Å². The first-order valence-corrected chi connectivity index (χ1v) is 7.80. The Labute approximate surface area is 136 Å². The maximum absolute atomic E-state index is 13.6. The number of likely N-dealkylation sites (tertiary alicyclic amines) is 1. The van der Waals surface area contributed by atoms with Crippen molar-refractivity contribution in [2.45, 2.75) is 12.8 Å². The quantitative estimate of drug-likeness (QED) is 0.855. The highest BCUT2D eigenvalue weighted by atomic mass is 35.5. The number of amides is 1. The molecule has 0 radical (unpaired) electrons. The molecular weight excluding hydrogens is 332 g/mol. The van der Waals surface area contributed by atoms with Gasteiger partial charge in [-0.25, -0.2) is 4.39 Å². The molecule has 2 aliphatic rings. The molecule has 3 rings (SSSR count). The summed E-state index contributed by atoms with van der Waals surface area (Å²) in [7, 11) is 0. The highest BCUT2D eigenvalue weighted by Gasteiger charge is 2.47. The molecule has 1 heterocycles. The standard InChI is InChI=1S/C15H14Cl2FNO3/c16-11-4-12(17)13(18)3-8(11)14(20)19-5-9(7-1-2-7)10(6-19)15(21)22/h3-4,7,9-10H,1-2,5-6H2,(H,21,22)/t9-,10+/m1/s1. The highest BCUT2D eigenvalue weighted by Crippen LogP contribution is 2.44. The van der Waals surface area contributed by atoms with Crippen LogP contribution in [0.5, 0.6) is 0 Å². The van der Waals surface area contributed by atoms with Gasteiger partial charge in [0.1, 0.15) is 5.82 Å². The third-order valence-electron chi connectivity index (χ3n) is 4.44. The second kappa shape index (κ2) is 5.70. The fourth-order valence-corrected chi connectivity index (χ4v) is 3.58. The Morgan fingerprint density at radius 3 is 2.45 bits per heavy atom. The van der Waals surface area contributed by atoms with Crippen LogP contribution < -0.4 is 0 Å². The number of hydrogen-bond donors (Lipinski definition) is 1. The highest BCUT2D eigenvalue weighted by molar-refractivity contribution is 6.36. The molecule has 0 unspecified atom stereocenters. The normalized spacial score (nSPS) is 24.6. The minimum absolute atomic E-state index is 0.0177. The summed E-state index contributed by atoms with van der Waals surface area (Å²) in [6.45, 7) is 0.511. The van der Waals surface area contributed by atoms with Crippen molar-refractivity contribution in [3.63, 3.8) is 0 Å². The predicted octanol–water partition coefficient (Wildman–Crippen LogP) is 3.32. The molecule has 1 saturated carbocycles. The average Bonchev–Trinajstić information content (AvgIpc) is 3.20. The van der Waals surface area contributed by atoms with E-state index < -0.39 is 23.6 Å². The van der Waals surface area contributed by atoms with Crippen molar-refractivity contribution in [2.75, 3.05) is 13.1 Å². The van der Waals surface area contributed by atoms with E-state index in [1.807, 2.05) is 0 Å². The van der Waals surface area contributed by atoms with Gasteiger partial charge < -0.3 is 10.0 Å². The van der Waals surface area contributed by atoms with Crippen molar-refractivity contribution in [1.82, 2.24) is 4.90 Å². The van der Waals surface area contributed by atoms with Crippen molar-refractivity contribution in [3.8, 4) is 0 Å². The van der Waals surface area contributed by atoms with Crippen molar-refractivity contribution in [3.05, 3.63) is 33.6 Å². The lowest BCUT2D eigenvalue weighted by Gasteiger charge is -2.17. The fourth-order valence-electron chi connectivity index (χ4n) is 3.11. The molecule has 1 amide bonds. The van der Waals surface area contributed by atoms with E-state index in [-0.39, 0.29) is 28.1 Å². The zero-order valence-corrected chi connectivity index (χ0v) is 13.1. The van der Waals surface area contributed by atoms with Gasteiger partial charge in [-0.2, -0.15) is 0 Å². The number of carboxylic acids is 1. The molecule has 2 fully saturated rings. The van der Waals surface area contributed by atoms with E-state index in [1.165, 1.54) is 11.0 Å². The Bertz CT molecular complexity index is 648. The van der Waals surface area contributed by atoms with Crippen LogP contribution in [0.1, 0.15) is 23.2 Å². The summed E-state index contributed by atoms with van der Waals surface area (Å²) in [5, 5.41) is 9.24. The number of carbonyl (C=O) groups excluding carboxylic acids is 1. The van der Waals surface area contributed by atoms with E-state index in [0.29, 0.717) is 12.5 Å². The number of halogens is 3. The molecule has 4 nitrogen and oxygen atoms in total. The van der Waals surface area contributed by atoms with Gasteiger partial charge in [0.05, 0.1) is 21.5 Å². The first-order valence-electron chi connectivity index (χ1n) is 7.05. The average molecular weight is 346 g/mol. The molecule has 2 atom stereocenters. The first-order chi connectivity index (χ1) is 10.4. The fraction of sp³-hybridized carbons (Fsp3) is 0.467. The summed E-state index contributed by atoms with van der Waals surface area (Å²) in [6, 6.07) is 2.20. The van der Waals surface area contributed by atoms with Crippen molar-refractivity contribution in [1.29, 1.82) is 0 Å². The second-order valence-corrected chi connectivity index (χ2v) is 6.72. The van der Waals surface area contributed by atoms with Gasteiger partial charge >= 0.3 is 5.97 Å².